The van der Waals surface area contributed by atoms with E-state index >= 15 is 0 Å². The fourth-order valence-corrected chi connectivity index (χ4v) is 1.56. The highest BCUT2D eigenvalue weighted by Gasteiger charge is 2.11. The molecule has 12 heavy (non-hydrogen) atoms. The van der Waals surface area contributed by atoms with Crippen molar-refractivity contribution in [1.29, 1.82) is 0 Å². The van der Waals surface area contributed by atoms with Gasteiger partial charge >= 0.3 is 0 Å². The standard InChI is InChI=1S/C9H7BrF2/c1-5(2)8-6(10)3-4-7(11)9(8)12/h3-4H,1H2,2H3. The predicted octanol–water partition coefficient (Wildman–Crippen LogP) is 3.76. The van der Waals surface area contributed by atoms with E-state index in [4.69, 9.17) is 0 Å². The van der Waals surface area contributed by atoms with Crippen molar-refractivity contribution in [2.24, 2.45) is 0 Å². The van der Waals surface area contributed by atoms with Crippen LogP contribution in [0.3, 0.4) is 0 Å². The van der Waals surface area contributed by atoms with E-state index in [2.05, 4.69) is 22.5 Å². The molecule has 0 saturated heterocycles. The van der Waals surface area contributed by atoms with Crippen LogP contribution in [-0.4, -0.2) is 0 Å². The van der Waals surface area contributed by atoms with Gasteiger partial charge in [-0.25, -0.2) is 8.78 Å². The predicted molar refractivity (Wildman–Crippen MR) is 48.8 cm³/mol. The molecule has 0 radical (unpaired) electrons. The lowest BCUT2D eigenvalue weighted by Gasteiger charge is -2.05. The van der Waals surface area contributed by atoms with E-state index in [9.17, 15) is 8.78 Å². The largest absolute Gasteiger partial charge is 0.204 e. The van der Waals surface area contributed by atoms with E-state index in [0.717, 1.165) is 6.07 Å². The SMILES string of the molecule is C=C(C)c1c(Br)ccc(F)c1F. The molecule has 1 aromatic carbocycles. The van der Waals surface area contributed by atoms with Crippen LogP contribution in [0.1, 0.15) is 12.5 Å². The zero-order chi connectivity index (χ0) is 9.30. The summed E-state index contributed by atoms with van der Waals surface area (Å²) in [5.74, 6) is -1.70. The van der Waals surface area contributed by atoms with Crippen LogP contribution in [0.5, 0.6) is 0 Å². The second-order valence-electron chi connectivity index (χ2n) is 2.50. The van der Waals surface area contributed by atoms with Gasteiger partial charge in [0.2, 0.25) is 0 Å². The van der Waals surface area contributed by atoms with Crippen molar-refractivity contribution in [1.82, 2.24) is 0 Å². The second kappa shape index (κ2) is 3.35. The average molecular weight is 233 g/mol. The molecule has 1 rings (SSSR count). The normalized spacial score (nSPS) is 10.0. The molecule has 0 fully saturated rings. The first-order chi connectivity index (χ1) is 5.54. The van der Waals surface area contributed by atoms with Crippen molar-refractivity contribution >= 4 is 21.5 Å². The van der Waals surface area contributed by atoms with Gasteiger partial charge in [0.15, 0.2) is 11.6 Å². The summed E-state index contributed by atoms with van der Waals surface area (Å²) >= 11 is 3.11. The topological polar surface area (TPSA) is 0 Å². The van der Waals surface area contributed by atoms with E-state index < -0.39 is 11.6 Å². The third kappa shape index (κ3) is 1.55. The first-order valence-corrected chi connectivity index (χ1v) is 4.12. The van der Waals surface area contributed by atoms with Crippen LogP contribution in [0.25, 0.3) is 5.57 Å². The van der Waals surface area contributed by atoms with E-state index in [-0.39, 0.29) is 5.56 Å². The summed E-state index contributed by atoms with van der Waals surface area (Å²) in [6.45, 7) is 5.18. The maximum Gasteiger partial charge on any atom is 0.167 e. The molecule has 0 unspecified atom stereocenters. The first kappa shape index (κ1) is 9.39. The Balaban J connectivity index is 3.43. The van der Waals surface area contributed by atoms with Gasteiger partial charge in [-0.3, -0.25) is 0 Å². The van der Waals surface area contributed by atoms with Crippen molar-refractivity contribution in [2.45, 2.75) is 6.92 Å². The molecule has 0 aliphatic carbocycles. The van der Waals surface area contributed by atoms with Crippen LogP contribution in [0, 0.1) is 11.6 Å². The molecule has 3 heteroatoms. The summed E-state index contributed by atoms with van der Waals surface area (Å²) < 4.78 is 26.3. The quantitative estimate of drug-likeness (QED) is 0.648. The average Bonchev–Trinajstić information content (AvgIpc) is 1.97. The summed E-state index contributed by atoms with van der Waals surface area (Å²) in [5.41, 5.74) is 0.703. The van der Waals surface area contributed by atoms with Gasteiger partial charge in [-0.2, -0.15) is 0 Å². The van der Waals surface area contributed by atoms with Crippen LogP contribution in [0.4, 0.5) is 8.78 Å². The monoisotopic (exact) mass is 232 g/mol. The van der Waals surface area contributed by atoms with Crippen LogP contribution in [0.2, 0.25) is 0 Å². The lowest BCUT2D eigenvalue weighted by molar-refractivity contribution is 0.505. The van der Waals surface area contributed by atoms with Gasteiger partial charge in [0.25, 0.3) is 0 Å². The van der Waals surface area contributed by atoms with Crippen molar-refractivity contribution < 1.29 is 8.78 Å². The van der Waals surface area contributed by atoms with Crippen LogP contribution in [0.15, 0.2) is 23.2 Å². The maximum atomic E-state index is 13.0. The fraction of sp³-hybridized carbons (Fsp3) is 0.111. The van der Waals surface area contributed by atoms with Gasteiger partial charge < -0.3 is 0 Å². The Labute approximate surface area is 78.0 Å². The molecular weight excluding hydrogens is 226 g/mol. The number of hydrogen-bond donors (Lipinski definition) is 0. The first-order valence-electron chi connectivity index (χ1n) is 3.33. The molecule has 0 amide bonds. The summed E-state index contributed by atoms with van der Waals surface area (Å²) in [4.78, 5) is 0. The molecule has 0 aliphatic heterocycles. The number of benzene rings is 1. The summed E-state index contributed by atoms with van der Waals surface area (Å²) in [5, 5.41) is 0. The van der Waals surface area contributed by atoms with Crippen molar-refractivity contribution in [3.8, 4) is 0 Å². The minimum atomic E-state index is -0.851. The van der Waals surface area contributed by atoms with Crippen LogP contribution < -0.4 is 0 Å². The Kier molecular flexibility index (Phi) is 2.62. The molecule has 0 bridgehead atoms. The van der Waals surface area contributed by atoms with E-state index in [1.807, 2.05) is 0 Å². The van der Waals surface area contributed by atoms with Gasteiger partial charge in [0.1, 0.15) is 0 Å². The highest BCUT2D eigenvalue weighted by molar-refractivity contribution is 9.10. The van der Waals surface area contributed by atoms with Crippen LogP contribution in [-0.2, 0) is 0 Å². The zero-order valence-electron chi connectivity index (χ0n) is 6.50. The van der Waals surface area contributed by atoms with Crippen molar-refractivity contribution in [2.75, 3.05) is 0 Å². The smallest absolute Gasteiger partial charge is 0.167 e. The Hall–Kier alpha value is -0.700. The van der Waals surface area contributed by atoms with E-state index in [1.54, 1.807) is 6.92 Å². The van der Waals surface area contributed by atoms with Crippen LogP contribution >= 0.6 is 15.9 Å². The Bertz CT molecular complexity index is 332. The Morgan fingerprint density at radius 3 is 2.42 bits per heavy atom. The molecule has 0 aromatic heterocycles. The van der Waals surface area contributed by atoms with Gasteiger partial charge in [0, 0.05) is 10.0 Å². The minimum Gasteiger partial charge on any atom is -0.204 e. The van der Waals surface area contributed by atoms with E-state index in [1.165, 1.54) is 6.07 Å². The Morgan fingerprint density at radius 2 is 2.00 bits per heavy atom. The number of halogens is 3. The fourth-order valence-electron chi connectivity index (χ4n) is 0.918. The summed E-state index contributed by atoms with van der Waals surface area (Å²) in [6.07, 6.45) is 0. The molecule has 0 nitrogen and oxygen atoms in total. The maximum absolute atomic E-state index is 13.0. The van der Waals surface area contributed by atoms with Gasteiger partial charge in [-0.15, -0.1) is 0 Å². The third-order valence-electron chi connectivity index (χ3n) is 1.47. The number of rotatable bonds is 1. The van der Waals surface area contributed by atoms with Gasteiger partial charge in [0.05, 0.1) is 0 Å². The molecule has 1 aromatic rings. The highest BCUT2D eigenvalue weighted by atomic mass is 79.9. The molecular formula is C9H7BrF2. The lowest BCUT2D eigenvalue weighted by Crippen LogP contribution is -1.92. The minimum absolute atomic E-state index is 0.204. The molecule has 0 atom stereocenters. The van der Waals surface area contributed by atoms with Gasteiger partial charge in [-0.05, 0) is 24.6 Å². The van der Waals surface area contributed by atoms with Gasteiger partial charge in [-0.1, -0.05) is 22.5 Å². The third-order valence-corrected chi connectivity index (χ3v) is 2.13. The summed E-state index contributed by atoms with van der Waals surface area (Å²) in [7, 11) is 0. The molecule has 64 valence electrons. The summed E-state index contributed by atoms with van der Waals surface area (Å²) in [6, 6.07) is 2.54. The highest BCUT2D eigenvalue weighted by Crippen LogP contribution is 2.27. The molecule has 0 saturated carbocycles. The zero-order valence-corrected chi connectivity index (χ0v) is 8.08. The molecule has 0 heterocycles. The van der Waals surface area contributed by atoms with E-state index in [0.29, 0.717) is 10.0 Å². The Morgan fingerprint density at radius 1 is 1.42 bits per heavy atom. The molecule has 0 N–H and O–H groups in total. The molecule has 0 aliphatic rings. The molecule has 0 spiro atoms. The second-order valence-corrected chi connectivity index (χ2v) is 3.35. The number of allylic oxidation sites excluding steroid dienone is 1. The van der Waals surface area contributed by atoms with Crippen molar-refractivity contribution in [3.63, 3.8) is 0 Å². The lowest BCUT2D eigenvalue weighted by atomic mass is 10.1. The van der Waals surface area contributed by atoms with Crippen molar-refractivity contribution in [3.05, 3.63) is 40.4 Å². The number of hydrogen-bond acceptors (Lipinski definition) is 0.